The average Bonchev–Trinajstić information content (AvgIpc) is 2.29. The fourth-order valence-corrected chi connectivity index (χ4v) is 1.52. The van der Waals surface area contributed by atoms with Crippen LogP contribution in [-0.4, -0.2) is 20.8 Å². The van der Waals surface area contributed by atoms with Gasteiger partial charge in [-0.25, -0.2) is 0 Å². The van der Waals surface area contributed by atoms with Gasteiger partial charge in [0.15, 0.2) is 12.4 Å². The van der Waals surface area contributed by atoms with Gasteiger partial charge in [-0.1, -0.05) is 12.1 Å². The largest absolute Gasteiger partial charge is 1.00 e. The van der Waals surface area contributed by atoms with E-state index in [1.165, 1.54) is 11.4 Å². The van der Waals surface area contributed by atoms with E-state index in [4.69, 9.17) is 0 Å². The van der Waals surface area contributed by atoms with Crippen molar-refractivity contribution in [3.63, 3.8) is 0 Å². The molecule has 12 heavy (non-hydrogen) atoms. The fraction of sp³-hybridized carbons (Fsp3) is 0.333. The van der Waals surface area contributed by atoms with E-state index in [0.29, 0.717) is 0 Å². The Labute approximate surface area is 90.2 Å². The van der Waals surface area contributed by atoms with E-state index in [9.17, 15) is 0 Å². The van der Waals surface area contributed by atoms with Gasteiger partial charge >= 0.3 is 0 Å². The monoisotopic (exact) mass is 276 g/mol. The highest BCUT2D eigenvalue weighted by Gasteiger charge is 2.28. The van der Waals surface area contributed by atoms with Crippen LogP contribution in [0.1, 0.15) is 0 Å². The van der Waals surface area contributed by atoms with Crippen LogP contribution in [0.5, 0.6) is 0 Å². The number of nitrogens with zero attached hydrogens (tertiary/aromatic N) is 1. The molecule has 0 saturated heterocycles. The molecule has 0 unspecified atom stereocenters. The summed E-state index contributed by atoms with van der Waals surface area (Å²) in [6.45, 7) is 0.999. The smallest absolute Gasteiger partial charge is 0.157 e. The molecule has 66 valence electrons. The van der Waals surface area contributed by atoms with Crippen LogP contribution < -0.4 is 33.8 Å². The predicted octanol–water partition coefficient (Wildman–Crippen LogP) is -1.36. The number of benzene rings is 1. The molecule has 1 aliphatic rings. The highest BCUT2D eigenvalue weighted by Crippen LogP contribution is 2.33. The zero-order valence-electron chi connectivity index (χ0n) is 7.34. The maximum Gasteiger partial charge on any atom is 0.157 e. The minimum Gasteiger partial charge on any atom is -1.00 e. The number of nitrogens with one attached hydrogen (secondary N) is 1. The molecule has 1 heterocycles. The SMILES string of the molecule is C[N+]1(C)CNc2ccccc21.[I-]. The summed E-state index contributed by atoms with van der Waals surface area (Å²) >= 11 is 0. The van der Waals surface area contributed by atoms with Crippen LogP contribution in [0.2, 0.25) is 0 Å². The van der Waals surface area contributed by atoms with Crippen LogP contribution in [-0.2, 0) is 0 Å². The summed E-state index contributed by atoms with van der Waals surface area (Å²) in [4.78, 5) is 0. The normalized spacial score (nSPS) is 17.5. The van der Waals surface area contributed by atoms with Crippen molar-refractivity contribution in [2.24, 2.45) is 0 Å². The number of quaternary nitrogens is 1. The van der Waals surface area contributed by atoms with Crippen molar-refractivity contribution >= 4 is 11.4 Å². The Morgan fingerprint density at radius 1 is 1.25 bits per heavy atom. The Bertz CT molecular complexity index is 284. The molecule has 0 aromatic heterocycles. The minimum atomic E-state index is 0. The number of para-hydroxylation sites is 2. The quantitative estimate of drug-likeness (QED) is 0.456. The molecule has 0 aliphatic carbocycles. The lowest BCUT2D eigenvalue weighted by Crippen LogP contribution is -3.00. The highest BCUT2D eigenvalue weighted by molar-refractivity contribution is 5.71. The van der Waals surface area contributed by atoms with Gasteiger partial charge in [-0.15, -0.1) is 0 Å². The summed E-state index contributed by atoms with van der Waals surface area (Å²) in [7, 11) is 4.41. The first-order valence-electron chi connectivity index (χ1n) is 3.87. The third-order valence-electron chi connectivity index (χ3n) is 2.22. The van der Waals surface area contributed by atoms with E-state index in [2.05, 4.69) is 43.7 Å². The van der Waals surface area contributed by atoms with Crippen molar-refractivity contribution in [2.45, 2.75) is 0 Å². The molecule has 2 rings (SSSR count). The summed E-state index contributed by atoms with van der Waals surface area (Å²) in [5.74, 6) is 0. The van der Waals surface area contributed by atoms with E-state index < -0.39 is 0 Å². The van der Waals surface area contributed by atoms with Crippen LogP contribution in [0.3, 0.4) is 0 Å². The van der Waals surface area contributed by atoms with Crippen LogP contribution >= 0.6 is 0 Å². The second-order valence-electron chi connectivity index (χ2n) is 3.54. The molecule has 0 amide bonds. The zero-order chi connectivity index (χ0) is 7.90. The topological polar surface area (TPSA) is 12.0 Å². The molecule has 3 heteroatoms. The van der Waals surface area contributed by atoms with Gasteiger partial charge in [0, 0.05) is 6.07 Å². The van der Waals surface area contributed by atoms with E-state index >= 15 is 0 Å². The van der Waals surface area contributed by atoms with Gasteiger partial charge in [-0.05, 0) is 6.07 Å². The van der Waals surface area contributed by atoms with E-state index in [0.717, 1.165) is 11.2 Å². The molecule has 1 N–H and O–H groups in total. The number of hydrogen-bond acceptors (Lipinski definition) is 1. The number of rotatable bonds is 0. The second kappa shape index (κ2) is 3.22. The fourth-order valence-electron chi connectivity index (χ4n) is 1.52. The number of hydrogen-bond donors (Lipinski definition) is 1. The summed E-state index contributed by atoms with van der Waals surface area (Å²) in [5, 5.41) is 3.36. The third kappa shape index (κ3) is 1.43. The van der Waals surface area contributed by atoms with E-state index in [-0.39, 0.29) is 24.0 Å². The molecule has 0 bridgehead atoms. The first kappa shape index (κ1) is 9.80. The van der Waals surface area contributed by atoms with Gasteiger partial charge in [0.2, 0.25) is 0 Å². The van der Waals surface area contributed by atoms with Crippen molar-refractivity contribution in [2.75, 3.05) is 26.1 Å². The van der Waals surface area contributed by atoms with Crippen molar-refractivity contribution in [3.8, 4) is 0 Å². The van der Waals surface area contributed by atoms with Gasteiger partial charge in [-0.2, -0.15) is 0 Å². The predicted molar refractivity (Wildman–Crippen MR) is 48.6 cm³/mol. The maximum atomic E-state index is 3.36. The zero-order valence-corrected chi connectivity index (χ0v) is 9.50. The molecule has 1 aromatic carbocycles. The Kier molecular flexibility index (Phi) is 2.63. The Balaban J connectivity index is 0.000000720. The first-order chi connectivity index (χ1) is 5.20. The number of fused-ring (bicyclic) bond motifs is 1. The lowest BCUT2D eigenvalue weighted by atomic mass is 10.2. The standard InChI is InChI=1S/C9H13N2.HI/c1-11(2)7-10-8-5-3-4-6-9(8)11;/h3-6,10H,7H2,1-2H3;1H/q+1;/p-1. The molecule has 0 radical (unpaired) electrons. The number of anilines is 1. The summed E-state index contributed by atoms with van der Waals surface area (Å²) in [6, 6.07) is 8.46. The molecule has 1 aromatic rings. The van der Waals surface area contributed by atoms with Gasteiger partial charge < -0.3 is 29.3 Å². The van der Waals surface area contributed by atoms with Gasteiger partial charge in [-0.3, -0.25) is 4.48 Å². The van der Waals surface area contributed by atoms with Crippen molar-refractivity contribution < 1.29 is 24.0 Å². The lowest BCUT2D eigenvalue weighted by Gasteiger charge is -2.21. The molecular weight excluding hydrogens is 263 g/mol. The summed E-state index contributed by atoms with van der Waals surface area (Å²) in [5.41, 5.74) is 2.66. The van der Waals surface area contributed by atoms with E-state index in [1.54, 1.807) is 0 Å². The molecule has 2 nitrogen and oxygen atoms in total. The first-order valence-corrected chi connectivity index (χ1v) is 3.87. The Morgan fingerprint density at radius 3 is 2.58 bits per heavy atom. The summed E-state index contributed by atoms with van der Waals surface area (Å²) in [6.07, 6.45) is 0. The second-order valence-corrected chi connectivity index (χ2v) is 3.54. The molecular formula is C9H13IN2. The third-order valence-corrected chi connectivity index (χ3v) is 2.22. The van der Waals surface area contributed by atoms with Crippen molar-refractivity contribution in [1.82, 2.24) is 4.48 Å². The van der Waals surface area contributed by atoms with Crippen LogP contribution in [0, 0.1) is 0 Å². The molecule has 0 atom stereocenters. The summed E-state index contributed by atoms with van der Waals surface area (Å²) < 4.78 is 0.941. The molecule has 0 spiro atoms. The Hall–Kier alpha value is -0.290. The van der Waals surface area contributed by atoms with Gasteiger partial charge in [0.05, 0.1) is 14.1 Å². The Morgan fingerprint density at radius 2 is 1.92 bits per heavy atom. The van der Waals surface area contributed by atoms with Crippen LogP contribution in [0.4, 0.5) is 11.4 Å². The molecule has 0 saturated carbocycles. The van der Waals surface area contributed by atoms with Crippen LogP contribution in [0.15, 0.2) is 24.3 Å². The lowest BCUT2D eigenvalue weighted by molar-refractivity contribution is -0.00000239. The maximum absolute atomic E-state index is 3.36. The highest BCUT2D eigenvalue weighted by atomic mass is 127. The van der Waals surface area contributed by atoms with E-state index in [1.807, 2.05) is 0 Å². The van der Waals surface area contributed by atoms with Crippen molar-refractivity contribution in [3.05, 3.63) is 24.3 Å². The van der Waals surface area contributed by atoms with Crippen molar-refractivity contribution in [1.29, 1.82) is 0 Å². The van der Waals surface area contributed by atoms with Crippen LogP contribution in [0.25, 0.3) is 0 Å². The molecule has 0 fully saturated rings. The minimum absolute atomic E-state index is 0. The molecule has 1 aliphatic heterocycles. The average molecular weight is 276 g/mol. The number of halogens is 1. The van der Waals surface area contributed by atoms with Gasteiger partial charge in [0.1, 0.15) is 5.69 Å². The van der Waals surface area contributed by atoms with Gasteiger partial charge in [0.25, 0.3) is 0 Å².